The second-order valence-electron chi connectivity index (χ2n) is 30.1. The first-order valence-electron chi connectivity index (χ1n) is 43.3. The Balaban J connectivity index is 0.000000158. The number of benzene rings is 7. The fraction of sp³-hybridized carbons (Fsp3) is 0.303. The van der Waals surface area contributed by atoms with Crippen molar-refractivity contribution in [1.29, 1.82) is 0 Å². The lowest BCUT2D eigenvalue weighted by molar-refractivity contribution is 0.0744. The number of nitrogens with one attached hydrogen (secondary N) is 4. The minimum atomic E-state index is -0.525. The highest BCUT2D eigenvalue weighted by Gasteiger charge is 2.29. The number of ether oxygens (including phenoxy) is 8. The van der Waals surface area contributed by atoms with Crippen LogP contribution in [0.5, 0.6) is 40.2 Å². The number of fused-ring (bicyclic) bond motifs is 1. The van der Waals surface area contributed by atoms with Gasteiger partial charge in [-0.05, 0) is 281 Å². The molecule has 31 heteroatoms. The van der Waals surface area contributed by atoms with Gasteiger partial charge in [-0.2, -0.15) is 15.3 Å². The van der Waals surface area contributed by atoms with E-state index in [2.05, 4.69) is 46.4 Å². The second kappa shape index (κ2) is 47.0. The molecule has 0 bridgehead atoms. The van der Waals surface area contributed by atoms with E-state index in [9.17, 15) is 33.6 Å². The summed E-state index contributed by atoms with van der Waals surface area (Å²) in [6.07, 6.45) is 22.7. The lowest BCUT2D eigenvalue weighted by atomic mass is 10.0. The molecule has 4 aromatic heterocycles. The van der Waals surface area contributed by atoms with Crippen LogP contribution in [0.2, 0.25) is 10.0 Å². The van der Waals surface area contributed by atoms with Gasteiger partial charge in [0, 0.05) is 118 Å². The molecule has 11 aromatic rings. The number of aryl methyl sites for hydroxylation is 1. The van der Waals surface area contributed by atoms with Crippen molar-refractivity contribution in [1.82, 2.24) is 30.0 Å². The van der Waals surface area contributed by atoms with Crippen molar-refractivity contribution >= 4 is 116 Å². The van der Waals surface area contributed by atoms with Gasteiger partial charge in [0.15, 0.2) is 45.8 Å². The second-order valence-corrected chi connectivity index (χ2v) is 30.9. The summed E-state index contributed by atoms with van der Waals surface area (Å²) in [5.41, 5.74) is 10.8. The van der Waals surface area contributed by atoms with Crippen molar-refractivity contribution < 1.29 is 75.9 Å². The van der Waals surface area contributed by atoms with E-state index in [-0.39, 0.29) is 57.7 Å². The van der Waals surface area contributed by atoms with E-state index < -0.39 is 6.09 Å². The number of halogens is 2. The van der Waals surface area contributed by atoms with Crippen LogP contribution >= 0.6 is 23.2 Å². The zero-order valence-corrected chi connectivity index (χ0v) is 75.5. The number of furan rings is 1. The van der Waals surface area contributed by atoms with Gasteiger partial charge >= 0.3 is 6.09 Å². The molecule has 5 aliphatic rings. The highest BCUT2D eigenvalue weighted by atomic mass is 35.5. The Morgan fingerprint density at radius 2 is 0.838 bits per heavy atom. The van der Waals surface area contributed by atoms with Crippen molar-refractivity contribution in [2.45, 2.75) is 137 Å². The summed E-state index contributed by atoms with van der Waals surface area (Å²) in [4.78, 5) is 99.9. The van der Waals surface area contributed by atoms with Crippen molar-refractivity contribution in [3.8, 4) is 40.2 Å². The monoisotopic (exact) mass is 1800 g/mol. The molecule has 676 valence electrons. The average Bonchev–Trinajstić information content (AvgIpc) is 1.64. The van der Waals surface area contributed by atoms with E-state index in [4.69, 9.17) is 70.6 Å². The normalized spacial score (nSPS) is 14.1. The Hall–Kier alpha value is -14.2. The highest BCUT2D eigenvalue weighted by Crippen LogP contribution is 2.39. The number of hydrogen-bond donors (Lipinski definition) is 4. The molecule has 16 rings (SSSR count). The molecule has 0 spiro atoms. The van der Waals surface area contributed by atoms with Crippen LogP contribution < -0.4 is 54.4 Å². The minimum absolute atomic E-state index is 0.182. The van der Waals surface area contributed by atoms with E-state index in [1.54, 1.807) is 176 Å². The molecular weight excluding hydrogens is 1700 g/mol. The van der Waals surface area contributed by atoms with Crippen molar-refractivity contribution in [2.24, 2.45) is 15.3 Å². The summed E-state index contributed by atoms with van der Waals surface area (Å²) >= 11 is 12.1. The summed E-state index contributed by atoms with van der Waals surface area (Å²) in [6.45, 7) is 11.9. The number of amides is 7. The molecule has 0 unspecified atom stereocenters. The first kappa shape index (κ1) is 94.9. The number of rotatable bonds is 24. The number of aromatic nitrogens is 3. The van der Waals surface area contributed by atoms with E-state index in [0.29, 0.717) is 134 Å². The largest absolute Gasteiger partial charge is 0.493 e. The summed E-state index contributed by atoms with van der Waals surface area (Å²) in [6, 6.07) is 49.5. The van der Waals surface area contributed by atoms with Gasteiger partial charge in [0.05, 0.1) is 97.9 Å². The third-order valence-corrected chi connectivity index (χ3v) is 22.0. The lowest BCUT2D eigenvalue weighted by Crippen LogP contribution is -2.32. The van der Waals surface area contributed by atoms with E-state index in [0.717, 1.165) is 110 Å². The third kappa shape index (κ3) is 25.2. The van der Waals surface area contributed by atoms with Crippen LogP contribution in [0.3, 0.4) is 0 Å². The van der Waals surface area contributed by atoms with Crippen LogP contribution in [0, 0.1) is 6.92 Å². The zero-order chi connectivity index (χ0) is 92.0. The summed E-state index contributed by atoms with van der Waals surface area (Å²) in [5.74, 6) is 4.00. The van der Waals surface area contributed by atoms with Crippen LogP contribution in [-0.2, 0) is 4.74 Å². The van der Waals surface area contributed by atoms with E-state index in [1.165, 1.54) is 59.3 Å². The lowest BCUT2D eigenvalue weighted by Gasteiger charge is -2.24. The van der Waals surface area contributed by atoms with Crippen LogP contribution in [0.4, 0.5) is 27.5 Å². The standard InChI is InChI=1S/C29H30N4O4.C26H26N4O4.C26H31N3O5.C16H12Cl2N2O3.C2H6/c1-36-26-15-12-21(18-27(26)37-24-7-2-3-8-24)25-9-5-17-33(32-25)29(35)20-10-13-23(14-11-20)31-28(34)22-6-4-16-30-19-22;1-3-34-24-17-20(8-11-23(24)33-2)22-5-4-16-30(29-22)26(32)19-6-9-21(10-7-19)28-25(31)18-12-14-27-15-13-18;1-3-33-26(31)27-20-13-10-18(11-14-20)25(30)29-16-6-9-22(28-29)19-12-15-23(32-2)24(17-19)34-21-7-4-5-8-21;1-8-5-10-9(3-4-13(22-2)15(10)23-8)16(21)20-14-11(17)6-19-7-12(14)18;1-2/h4,6,10-16,18-19,24H,2-3,5,7-9,17H2,1H3,(H,31,34);6-15,17H,3-5,16H2,1-2H3,(H,28,31);10-15,17,21H,3-9,16H2,1-2H3,(H,27,31);3-7H,1-2H3,(H,19,20,21);1-2H3. The third-order valence-electron chi connectivity index (χ3n) is 21.4. The van der Waals surface area contributed by atoms with E-state index >= 15 is 0 Å². The number of pyridine rings is 3. The molecular formula is C99H105Cl2N13O16. The Morgan fingerprint density at radius 1 is 0.415 bits per heavy atom. The maximum absolute atomic E-state index is 13.2. The van der Waals surface area contributed by atoms with Crippen LogP contribution in [-0.4, -0.2) is 162 Å². The van der Waals surface area contributed by atoms with Crippen molar-refractivity contribution in [3.05, 3.63) is 273 Å². The molecule has 0 atom stereocenters. The van der Waals surface area contributed by atoms with Gasteiger partial charge in [-0.3, -0.25) is 49.0 Å². The smallest absolute Gasteiger partial charge is 0.411 e. The summed E-state index contributed by atoms with van der Waals surface area (Å²) in [5, 5.41) is 30.6. The number of nitrogens with zero attached hydrogens (tertiary/aromatic N) is 9. The summed E-state index contributed by atoms with van der Waals surface area (Å²) < 4.78 is 50.3. The van der Waals surface area contributed by atoms with Gasteiger partial charge in [0.25, 0.3) is 35.4 Å². The SMILES string of the molecule is CC.CCOC(=O)Nc1ccc(C(=O)N2CCCC(c3ccc(OC)c(OC4CCCC4)c3)=N2)cc1.CCOc1cc(C2=NN(C(=O)c3ccc(NC(=O)c4ccncc4)cc3)CCC2)ccc1OC.COc1ccc(C(=O)Nc2c(Cl)cncc2Cl)c2cc(C)oc12.COc1ccc(C2=NN(C(=O)c3ccc(NC(=O)c4cccnc4)cc3)CCC2)cc1OC1CCCC1. The van der Waals surface area contributed by atoms with Crippen LogP contribution in [0.25, 0.3) is 11.0 Å². The first-order valence-corrected chi connectivity index (χ1v) is 44.1. The fourth-order valence-electron chi connectivity index (χ4n) is 14.9. The van der Waals surface area contributed by atoms with Gasteiger partial charge in [-0.1, -0.05) is 37.0 Å². The molecule has 7 amide bonds. The van der Waals surface area contributed by atoms with Crippen LogP contribution in [0.1, 0.15) is 202 Å². The van der Waals surface area contributed by atoms with E-state index in [1.807, 2.05) is 75.4 Å². The van der Waals surface area contributed by atoms with Gasteiger partial charge in [0.1, 0.15) is 5.76 Å². The predicted octanol–water partition coefficient (Wildman–Crippen LogP) is 20.6. The molecule has 2 saturated carbocycles. The number of methoxy groups -OCH3 is 4. The Bertz CT molecular complexity index is 5830. The molecule has 2 fully saturated rings. The molecule has 29 nitrogen and oxygen atoms in total. The molecule has 130 heavy (non-hydrogen) atoms. The van der Waals surface area contributed by atoms with Gasteiger partial charge in [0.2, 0.25) is 0 Å². The molecule has 2 aliphatic carbocycles. The number of carbonyl (C=O) groups excluding carboxylic acids is 7. The van der Waals surface area contributed by atoms with Gasteiger partial charge < -0.3 is 58.3 Å². The predicted molar refractivity (Wildman–Crippen MR) is 502 cm³/mol. The summed E-state index contributed by atoms with van der Waals surface area (Å²) in [7, 11) is 6.43. The number of hydrogen-bond acceptors (Lipinski definition) is 22. The number of carbonyl (C=O) groups is 7. The average molecular weight is 1800 g/mol. The quantitative estimate of drug-likeness (QED) is 0.0436. The molecule has 0 saturated heterocycles. The fourth-order valence-corrected chi connectivity index (χ4v) is 15.3. The van der Waals surface area contributed by atoms with Crippen molar-refractivity contribution in [3.63, 3.8) is 0 Å². The maximum atomic E-state index is 13.2. The molecule has 4 N–H and O–H groups in total. The molecule has 7 heterocycles. The number of hydrazone groups is 3. The molecule has 3 aliphatic heterocycles. The molecule has 7 aromatic carbocycles. The Morgan fingerprint density at radius 3 is 1.26 bits per heavy atom. The number of anilines is 4. The first-order chi connectivity index (χ1) is 63.3. The highest BCUT2D eigenvalue weighted by molar-refractivity contribution is 6.40. The van der Waals surface area contributed by atoms with Crippen LogP contribution in [0.15, 0.2) is 227 Å². The van der Waals surface area contributed by atoms with Crippen molar-refractivity contribution in [2.75, 3.05) is 82.6 Å². The minimum Gasteiger partial charge on any atom is -0.493 e. The Kier molecular flexibility index (Phi) is 34.3. The topological polar surface area (TPSA) is 340 Å². The zero-order valence-electron chi connectivity index (χ0n) is 74.0. The Labute approximate surface area is 764 Å². The van der Waals surface area contributed by atoms with Gasteiger partial charge in [-0.15, -0.1) is 0 Å². The molecule has 0 radical (unpaired) electrons. The maximum Gasteiger partial charge on any atom is 0.411 e. The van der Waals surface area contributed by atoms with Gasteiger partial charge in [-0.25, -0.2) is 19.8 Å².